The lowest BCUT2D eigenvalue weighted by molar-refractivity contribution is -0.140. The predicted molar refractivity (Wildman–Crippen MR) is 72.3 cm³/mol. The summed E-state index contributed by atoms with van der Waals surface area (Å²) in [7, 11) is 0. The van der Waals surface area contributed by atoms with Gasteiger partial charge in [-0.3, -0.25) is 9.59 Å². The van der Waals surface area contributed by atoms with Crippen molar-refractivity contribution in [3.8, 4) is 0 Å². The van der Waals surface area contributed by atoms with E-state index in [9.17, 15) is 9.59 Å². The molecule has 0 radical (unpaired) electrons. The van der Waals surface area contributed by atoms with E-state index >= 15 is 0 Å². The number of benzene rings is 1. The second-order valence-electron chi connectivity index (χ2n) is 5.16. The van der Waals surface area contributed by atoms with E-state index in [0.717, 1.165) is 11.1 Å². The van der Waals surface area contributed by atoms with Gasteiger partial charge in [-0.05, 0) is 26.3 Å². The van der Waals surface area contributed by atoms with E-state index in [1.165, 1.54) is 0 Å². The van der Waals surface area contributed by atoms with E-state index in [4.69, 9.17) is 5.11 Å². The van der Waals surface area contributed by atoms with Crippen LogP contribution in [-0.2, 0) is 16.1 Å². The number of hydrogen-bond donors (Lipinski definition) is 3. The Morgan fingerprint density at radius 3 is 2.26 bits per heavy atom. The summed E-state index contributed by atoms with van der Waals surface area (Å²) in [6.45, 7) is 5.32. The van der Waals surface area contributed by atoms with Crippen LogP contribution in [0.5, 0.6) is 0 Å². The molecule has 0 heterocycles. The molecule has 19 heavy (non-hydrogen) atoms. The zero-order chi connectivity index (χ0) is 14.5. The van der Waals surface area contributed by atoms with Gasteiger partial charge in [-0.1, -0.05) is 29.8 Å². The fourth-order valence-corrected chi connectivity index (χ4v) is 1.37. The van der Waals surface area contributed by atoms with Crippen molar-refractivity contribution in [3.05, 3.63) is 35.4 Å². The van der Waals surface area contributed by atoms with Gasteiger partial charge in [0.1, 0.15) is 0 Å². The van der Waals surface area contributed by atoms with Crippen LogP contribution in [0.3, 0.4) is 0 Å². The molecule has 1 aromatic carbocycles. The topological polar surface area (TPSA) is 78.4 Å². The fraction of sp³-hybridized carbons (Fsp3) is 0.429. The fourth-order valence-electron chi connectivity index (χ4n) is 1.37. The Morgan fingerprint density at radius 1 is 1.16 bits per heavy atom. The molecule has 1 aromatic rings. The van der Waals surface area contributed by atoms with Crippen molar-refractivity contribution < 1.29 is 14.7 Å². The second kappa shape index (κ2) is 6.33. The molecule has 0 aliphatic rings. The normalized spacial score (nSPS) is 10.9. The molecule has 5 nitrogen and oxygen atoms in total. The summed E-state index contributed by atoms with van der Waals surface area (Å²) < 4.78 is 0. The van der Waals surface area contributed by atoms with Crippen LogP contribution in [0.15, 0.2) is 24.3 Å². The first-order valence-corrected chi connectivity index (χ1v) is 6.11. The first kappa shape index (κ1) is 15.2. The summed E-state index contributed by atoms with van der Waals surface area (Å²) in [6, 6.07) is 7.67. The molecule has 3 N–H and O–H groups in total. The molecule has 104 valence electrons. The van der Waals surface area contributed by atoms with Crippen molar-refractivity contribution in [1.82, 2.24) is 10.6 Å². The van der Waals surface area contributed by atoms with E-state index in [2.05, 4.69) is 10.6 Å². The number of nitrogens with one attached hydrogen (secondary N) is 2. The minimum atomic E-state index is -0.807. The molecule has 0 bridgehead atoms. The molecule has 0 atom stereocenters. The minimum Gasteiger partial charge on any atom is -0.394 e. The van der Waals surface area contributed by atoms with E-state index in [1.807, 2.05) is 31.2 Å². The van der Waals surface area contributed by atoms with Crippen LogP contribution in [-0.4, -0.2) is 29.1 Å². The average molecular weight is 264 g/mol. The molecule has 0 spiro atoms. The van der Waals surface area contributed by atoms with E-state index in [1.54, 1.807) is 13.8 Å². The third-order valence-corrected chi connectivity index (χ3v) is 2.63. The molecule has 0 fully saturated rings. The SMILES string of the molecule is Cc1ccc(CNC(=O)C(=O)NC(C)(C)CO)cc1. The second-order valence-corrected chi connectivity index (χ2v) is 5.16. The van der Waals surface area contributed by atoms with Crippen LogP contribution in [0.25, 0.3) is 0 Å². The lowest BCUT2D eigenvalue weighted by Gasteiger charge is -2.22. The summed E-state index contributed by atoms with van der Waals surface area (Å²) in [4.78, 5) is 23.1. The Morgan fingerprint density at radius 2 is 1.74 bits per heavy atom. The summed E-state index contributed by atoms with van der Waals surface area (Å²) in [5.41, 5.74) is 1.25. The summed E-state index contributed by atoms with van der Waals surface area (Å²) in [5, 5.41) is 14.0. The number of aliphatic hydroxyl groups is 1. The first-order valence-electron chi connectivity index (χ1n) is 6.11. The van der Waals surface area contributed by atoms with Gasteiger partial charge in [0, 0.05) is 6.54 Å². The Hall–Kier alpha value is -1.88. The zero-order valence-electron chi connectivity index (χ0n) is 11.5. The van der Waals surface area contributed by atoms with Crippen molar-refractivity contribution in [1.29, 1.82) is 0 Å². The largest absolute Gasteiger partial charge is 0.394 e. The molecule has 1 rings (SSSR count). The number of rotatable bonds is 4. The highest BCUT2D eigenvalue weighted by Gasteiger charge is 2.23. The van der Waals surface area contributed by atoms with Crippen molar-refractivity contribution in [3.63, 3.8) is 0 Å². The van der Waals surface area contributed by atoms with E-state index in [0.29, 0.717) is 6.54 Å². The molecule has 0 aliphatic carbocycles. The maximum atomic E-state index is 11.6. The zero-order valence-corrected chi connectivity index (χ0v) is 11.5. The first-order chi connectivity index (χ1) is 8.84. The van der Waals surface area contributed by atoms with Gasteiger partial charge in [0.05, 0.1) is 12.1 Å². The molecule has 2 amide bonds. The standard InChI is InChI=1S/C14H20N2O3/c1-10-4-6-11(7-5-10)8-15-12(18)13(19)16-14(2,3)9-17/h4-7,17H,8-9H2,1-3H3,(H,15,18)(H,16,19). The van der Waals surface area contributed by atoms with Gasteiger partial charge in [0.15, 0.2) is 0 Å². The summed E-state index contributed by atoms with van der Waals surface area (Å²) in [6.07, 6.45) is 0. The molecular weight excluding hydrogens is 244 g/mol. The Kier molecular flexibility index (Phi) is 5.06. The van der Waals surface area contributed by atoms with Crippen molar-refractivity contribution in [2.24, 2.45) is 0 Å². The van der Waals surface area contributed by atoms with Crippen LogP contribution in [0.4, 0.5) is 0 Å². The smallest absolute Gasteiger partial charge is 0.309 e. The number of hydrogen-bond acceptors (Lipinski definition) is 3. The predicted octanol–water partition coefficient (Wildman–Crippen LogP) is 0.498. The van der Waals surface area contributed by atoms with Crippen LogP contribution >= 0.6 is 0 Å². The molecule has 0 aliphatic heterocycles. The Bertz CT molecular complexity index is 452. The van der Waals surface area contributed by atoms with E-state index < -0.39 is 17.4 Å². The van der Waals surface area contributed by atoms with Gasteiger partial charge < -0.3 is 15.7 Å². The number of carbonyl (C=O) groups is 2. The maximum absolute atomic E-state index is 11.6. The molecular formula is C14H20N2O3. The van der Waals surface area contributed by atoms with Crippen LogP contribution in [0.1, 0.15) is 25.0 Å². The highest BCUT2D eigenvalue weighted by molar-refractivity contribution is 6.35. The molecule has 0 aromatic heterocycles. The Labute approximate surface area is 113 Å². The molecule has 0 unspecified atom stereocenters. The average Bonchev–Trinajstić information content (AvgIpc) is 2.37. The minimum absolute atomic E-state index is 0.232. The van der Waals surface area contributed by atoms with Gasteiger partial charge in [0.25, 0.3) is 0 Å². The number of amides is 2. The van der Waals surface area contributed by atoms with Crippen LogP contribution < -0.4 is 10.6 Å². The third-order valence-electron chi connectivity index (χ3n) is 2.63. The molecule has 0 saturated heterocycles. The van der Waals surface area contributed by atoms with Crippen molar-refractivity contribution in [2.75, 3.05) is 6.61 Å². The lowest BCUT2D eigenvalue weighted by atomic mass is 10.1. The van der Waals surface area contributed by atoms with Gasteiger partial charge in [-0.15, -0.1) is 0 Å². The molecule has 5 heteroatoms. The quantitative estimate of drug-likeness (QED) is 0.693. The summed E-state index contributed by atoms with van der Waals surface area (Å²) >= 11 is 0. The molecule has 0 saturated carbocycles. The van der Waals surface area contributed by atoms with Gasteiger partial charge in [0.2, 0.25) is 0 Å². The maximum Gasteiger partial charge on any atom is 0.309 e. The third kappa shape index (κ3) is 5.09. The Balaban J connectivity index is 2.47. The van der Waals surface area contributed by atoms with Crippen LogP contribution in [0, 0.1) is 6.92 Å². The highest BCUT2D eigenvalue weighted by atomic mass is 16.3. The number of carbonyl (C=O) groups excluding carboxylic acids is 2. The number of aryl methyl sites for hydroxylation is 1. The highest BCUT2D eigenvalue weighted by Crippen LogP contribution is 2.02. The van der Waals surface area contributed by atoms with Gasteiger partial charge in [-0.25, -0.2) is 0 Å². The summed E-state index contributed by atoms with van der Waals surface area (Å²) in [5.74, 6) is -1.45. The lowest BCUT2D eigenvalue weighted by Crippen LogP contribution is -2.51. The van der Waals surface area contributed by atoms with E-state index in [-0.39, 0.29) is 6.61 Å². The van der Waals surface area contributed by atoms with Gasteiger partial charge in [-0.2, -0.15) is 0 Å². The van der Waals surface area contributed by atoms with Crippen LogP contribution in [0.2, 0.25) is 0 Å². The number of aliphatic hydroxyl groups excluding tert-OH is 1. The monoisotopic (exact) mass is 264 g/mol. The van der Waals surface area contributed by atoms with Crippen molar-refractivity contribution >= 4 is 11.8 Å². The van der Waals surface area contributed by atoms with Crippen molar-refractivity contribution in [2.45, 2.75) is 32.9 Å². The van der Waals surface area contributed by atoms with Gasteiger partial charge >= 0.3 is 11.8 Å².